The molecule has 1 aromatic rings. The number of carboxylic acid groups (broad SMARTS) is 1. The standard InChI is InChI=1S/C22H35FN4O3/c23-18-8-9-20(18)30-15-14-27(13-10-19(24)22(28)29)12-2-1-5-17-7-6-16-4-3-11-25-21(16)26-17/h6-7,18-20H,1-5,8-15,24H2,(H,25,26)(H,28,29)/t18-,19-,20?/m0/s1. The third kappa shape index (κ3) is 6.89. The number of unbranched alkanes of at least 4 members (excludes halogenated alkanes) is 1. The summed E-state index contributed by atoms with van der Waals surface area (Å²) in [6.45, 7) is 3.55. The molecule has 8 heteroatoms. The number of nitrogens with one attached hydrogen (secondary N) is 1. The maximum Gasteiger partial charge on any atom is 0.320 e. The molecular weight excluding hydrogens is 387 g/mol. The molecule has 3 rings (SSSR count). The topological polar surface area (TPSA) is 101 Å². The third-order valence-electron chi connectivity index (χ3n) is 6.05. The molecule has 1 aliphatic carbocycles. The number of hydrogen-bond donors (Lipinski definition) is 3. The molecular formula is C22H35FN4O3. The lowest BCUT2D eigenvalue weighted by molar-refractivity contribution is -0.138. The summed E-state index contributed by atoms with van der Waals surface area (Å²) in [5.41, 5.74) is 8.06. The van der Waals surface area contributed by atoms with Crippen LogP contribution in [0.2, 0.25) is 0 Å². The van der Waals surface area contributed by atoms with Gasteiger partial charge < -0.3 is 25.8 Å². The number of halogens is 1. The molecule has 0 saturated heterocycles. The lowest BCUT2D eigenvalue weighted by Crippen LogP contribution is -2.40. The Labute approximate surface area is 178 Å². The van der Waals surface area contributed by atoms with Gasteiger partial charge >= 0.3 is 5.97 Å². The molecule has 3 atom stereocenters. The van der Waals surface area contributed by atoms with Gasteiger partial charge in [0.2, 0.25) is 0 Å². The molecule has 2 aliphatic rings. The fourth-order valence-corrected chi connectivity index (χ4v) is 3.88. The van der Waals surface area contributed by atoms with Gasteiger partial charge in [0.05, 0.1) is 12.7 Å². The highest BCUT2D eigenvalue weighted by Gasteiger charge is 2.31. The van der Waals surface area contributed by atoms with Gasteiger partial charge in [-0.15, -0.1) is 0 Å². The minimum Gasteiger partial charge on any atom is -0.480 e. The maximum atomic E-state index is 13.3. The minimum absolute atomic E-state index is 0.267. The zero-order valence-corrected chi connectivity index (χ0v) is 17.7. The first kappa shape index (κ1) is 22.9. The SMILES string of the molecule is N[C@@H](CCN(CCCCc1ccc2c(n1)NCCC2)CCOC1CC[C@@H]1F)C(=O)O. The van der Waals surface area contributed by atoms with E-state index in [0.717, 1.165) is 63.1 Å². The number of aromatic nitrogens is 1. The van der Waals surface area contributed by atoms with E-state index in [1.807, 2.05) is 0 Å². The molecule has 0 spiro atoms. The van der Waals surface area contributed by atoms with E-state index in [4.69, 9.17) is 20.6 Å². The Morgan fingerprint density at radius 1 is 1.33 bits per heavy atom. The van der Waals surface area contributed by atoms with Crippen LogP contribution in [-0.4, -0.2) is 72.1 Å². The first-order valence-electron chi connectivity index (χ1n) is 11.2. The molecule has 1 aliphatic heterocycles. The van der Waals surface area contributed by atoms with Crippen molar-refractivity contribution in [2.24, 2.45) is 5.73 Å². The van der Waals surface area contributed by atoms with Gasteiger partial charge in [0, 0.05) is 25.3 Å². The normalized spacial score (nSPS) is 21.6. The van der Waals surface area contributed by atoms with E-state index in [-0.39, 0.29) is 6.10 Å². The lowest BCUT2D eigenvalue weighted by Gasteiger charge is -2.31. The number of anilines is 1. The Balaban J connectivity index is 1.40. The third-order valence-corrected chi connectivity index (χ3v) is 6.05. The number of nitrogens with two attached hydrogens (primary N) is 1. The average molecular weight is 423 g/mol. The molecule has 1 unspecified atom stereocenters. The molecule has 0 bridgehead atoms. The number of hydrogen-bond acceptors (Lipinski definition) is 6. The quantitative estimate of drug-likeness (QED) is 0.420. The van der Waals surface area contributed by atoms with Gasteiger partial charge in [-0.2, -0.15) is 0 Å². The van der Waals surface area contributed by atoms with E-state index in [9.17, 15) is 9.18 Å². The second-order valence-corrected chi connectivity index (χ2v) is 8.38. The van der Waals surface area contributed by atoms with Crippen molar-refractivity contribution in [3.8, 4) is 0 Å². The van der Waals surface area contributed by atoms with E-state index in [1.165, 1.54) is 5.56 Å². The maximum absolute atomic E-state index is 13.3. The van der Waals surface area contributed by atoms with Crippen molar-refractivity contribution in [1.82, 2.24) is 9.88 Å². The number of aliphatic carboxylic acids is 1. The number of carboxylic acids is 1. The largest absolute Gasteiger partial charge is 0.480 e. The van der Waals surface area contributed by atoms with Crippen LogP contribution in [0, 0.1) is 0 Å². The number of aryl methyl sites for hydroxylation is 2. The van der Waals surface area contributed by atoms with Crippen LogP contribution in [0.4, 0.5) is 10.2 Å². The molecule has 2 heterocycles. The first-order valence-corrected chi connectivity index (χ1v) is 11.2. The zero-order valence-electron chi connectivity index (χ0n) is 17.7. The highest BCUT2D eigenvalue weighted by molar-refractivity contribution is 5.72. The monoisotopic (exact) mass is 422 g/mol. The van der Waals surface area contributed by atoms with E-state index >= 15 is 0 Å². The van der Waals surface area contributed by atoms with Crippen molar-refractivity contribution in [2.45, 2.75) is 69.7 Å². The number of ether oxygens (including phenoxy) is 1. The molecule has 0 aromatic carbocycles. The van der Waals surface area contributed by atoms with Gasteiger partial charge in [-0.3, -0.25) is 4.79 Å². The average Bonchev–Trinajstić information content (AvgIpc) is 2.75. The van der Waals surface area contributed by atoms with E-state index in [2.05, 4.69) is 22.3 Å². The molecule has 0 radical (unpaired) electrons. The van der Waals surface area contributed by atoms with Gasteiger partial charge in [-0.25, -0.2) is 9.37 Å². The highest BCUT2D eigenvalue weighted by Crippen LogP contribution is 2.26. The number of alkyl halides is 1. The van der Waals surface area contributed by atoms with Crippen molar-refractivity contribution >= 4 is 11.8 Å². The van der Waals surface area contributed by atoms with E-state index in [0.29, 0.717) is 32.5 Å². The summed E-state index contributed by atoms with van der Waals surface area (Å²) in [7, 11) is 0. The highest BCUT2D eigenvalue weighted by atomic mass is 19.1. The fraction of sp³-hybridized carbons (Fsp3) is 0.727. The van der Waals surface area contributed by atoms with Gasteiger partial charge in [0.15, 0.2) is 0 Å². The van der Waals surface area contributed by atoms with Crippen molar-refractivity contribution in [2.75, 3.05) is 38.1 Å². The first-order chi connectivity index (χ1) is 14.5. The van der Waals surface area contributed by atoms with E-state index in [1.54, 1.807) is 0 Å². The Morgan fingerprint density at radius 2 is 2.20 bits per heavy atom. The molecule has 1 saturated carbocycles. The smallest absolute Gasteiger partial charge is 0.320 e. The Bertz CT molecular complexity index is 690. The Hall–Kier alpha value is -1.77. The summed E-state index contributed by atoms with van der Waals surface area (Å²) in [5.74, 6) is 0.0513. The number of rotatable bonds is 13. The zero-order chi connectivity index (χ0) is 21.3. The van der Waals surface area contributed by atoms with Crippen LogP contribution in [0.1, 0.15) is 49.8 Å². The molecule has 168 valence electrons. The summed E-state index contributed by atoms with van der Waals surface area (Å²) in [5, 5.41) is 12.4. The summed E-state index contributed by atoms with van der Waals surface area (Å²) >= 11 is 0. The van der Waals surface area contributed by atoms with Crippen molar-refractivity contribution in [3.63, 3.8) is 0 Å². The molecule has 1 aromatic heterocycles. The van der Waals surface area contributed by atoms with Crippen LogP contribution in [0.3, 0.4) is 0 Å². The number of nitrogens with zero attached hydrogens (tertiary/aromatic N) is 2. The second kappa shape index (κ2) is 11.6. The minimum atomic E-state index is -0.979. The van der Waals surface area contributed by atoms with Gasteiger partial charge in [0.25, 0.3) is 0 Å². The Morgan fingerprint density at radius 3 is 2.93 bits per heavy atom. The number of carbonyl (C=O) groups is 1. The van der Waals surface area contributed by atoms with Crippen molar-refractivity contribution in [3.05, 3.63) is 23.4 Å². The summed E-state index contributed by atoms with van der Waals surface area (Å²) in [6.07, 6.45) is 5.81. The van der Waals surface area contributed by atoms with Crippen LogP contribution in [-0.2, 0) is 22.4 Å². The predicted octanol–water partition coefficient (Wildman–Crippen LogP) is 2.38. The molecule has 0 amide bonds. The van der Waals surface area contributed by atoms with Crippen molar-refractivity contribution in [1.29, 1.82) is 0 Å². The molecule has 4 N–H and O–H groups in total. The lowest BCUT2D eigenvalue weighted by atomic mass is 9.94. The van der Waals surface area contributed by atoms with Crippen LogP contribution in [0.15, 0.2) is 12.1 Å². The molecule has 30 heavy (non-hydrogen) atoms. The number of pyridine rings is 1. The summed E-state index contributed by atoms with van der Waals surface area (Å²) in [6, 6.07) is 3.44. The van der Waals surface area contributed by atoms with Crippen LogP contribution < -0.4 is 11.1 Å². The molecule has 1 fully saturated rings. The summed E-state index contributed by atoms with van der Waals surface area (Å²) < 4.78 is 19.0. The van der Waals surface area contributed by atoms with Crippen LogP contribution >= 0.6 is 0 Å². The van der Waals surface area contributed by atoms with Crippen LogP contribution in [0.25, 0.3) is 0 Å². The predicted molar refractivity (Wildman–Crippen MR) is 115 cm³/mol. The number of fused-ring (bicyclic) bond motifs is 1. The molecule has 7 nitrogen and oxygen atoms in total. The summed E-state index contributed by atoms with van der Waals surface area (Å²) in [4.78, 5) is 17.9. The van der Waals surface area contributed by atoms with Gasteiger partial charge in [-0.1, -0.05) is 6.07 Å². The fourth-order valence-electron chi connectivity index (χ4n) is 3.88. The van der Waals surface area contributed by atoms with Gasteiger partial charge in [0.1, 0.15) is 18.0 Å². The second-order valence-electron chi connectivity index (χ2n) is 8.38. The Kier molecular flexibility index (Phi) is 8.84. The van der Waals surface area contributed by atoms with Crippen molar-refractivity contribution < 1.29 is 19.0 Å². The van der Waals surface area contributed by atoms with Crippen LogP contribution in [0.5, 0.6) is 0 Å². The van der Waals surface area contributed by atoms with E-state index < -0.39 is 18.2 Å². The van der Waals surface area contributed by atoms with Gasteiger partial charge in [-0.05, 0) is 69.5 Å².